The van der Waals surface area contributed by atoms with E-state index in [1.54, 1.807) is 24.3 Å². The van der Waals surface area contributed by atoms with Crippen LogP contribution in [0.1, 0.15) is 22.0 Å². The molecule has 2 aromatic rings. The number of carbonyl (C=O) groups excluding carboxylic acids is 2. The van der Waals surface area contributed by atoms with E-state index < -0.39 is 17.9 Å². The third-order valence-corrected chi connectivity index (χ3v) is 2.89. The van der Waals surface area contributed by atoms with E-state index >= 15 is 0 Å². The average Bonchev–Trinajstić information content (AvgIpc) is 2.45. The molecule has 2 rings (SSSR count). The van der Waals surface area contributed by atoms with Gasteiger partial charge >= 0.3 is 0 Å². The molecule has 1 heterocycles. The van der Waals surface area contributed by atoms with Crippen LogP contribution in [0.3, 0.4) is 0 Å². The molecule has 1 unspecified atom stereocenters. The quantitative estimate of drug-likeness (QED) is 0.840. The molecule has 6 heteroatoms. The van der Waals surface area contributed by atoms with E-state index in [0.717, 1.165) is 0 Å². The van der Waals surface area contributed by atoms with Gasteiger partial charge in [-0.2, -0.15) is 0 Å². The number of carbonyl (C=O) groups is 2. The molecule has 20 heavy (non-hydrogen) atoms. The van der Waals surface area contributed by atoms with Crippen LogP contribution >= 0.6 is 11.6 Å². The summed E-state index contributed by atoms with van der Waals surface area (Å²) in [7, 11) is 0. The number of halogens is 1. The number of benzene rings is 1. The molecule has 0 saturated heterocycles. The minimum atomic E-state index is -0.893. The topological polar surface area (TPSA) is 85.1 Å². The number of rotatable bonds is 4. The highest BCUT2D eigenvalue weighted by molar-refractivity contribution is 6.29. The van der Waals surface area contributed by atoms with Crippen LogP contribution in [0, 0.1) is 0 Å². The first kappa shape index (κ1) is 14.0. The lowest BCUT2D eigenvalue weighted by atomic mass is 10.1. The van der Waals surface area contributed by atoms with Crippen molar-refractivity contribution in [2.75, 3.05) is 0 Å². The molecule has 0 bridgehead atoms. The van der Waals surface area contributed by atoms with E-state index in [2.05, 4.69) is 10.3 Å². The molecule has 0 spiro atoms. The number of primary amides is 1. The first-order valence-corrected chi connectivity index (χ1v) is 6.22. The Hall–Kier alpha value is -2.40. The molecule has 0 aliphatic heterocycles. The van der Waals surface area contributed by atoms with E-state index in [-0.39, 0.29) is 5.15 Å². The molecule has 3 N–H and O–H groups in total. The lowest BCUT2D eigenvalue weighted by Gasteiger charge is -2.15. The fourth-order valence-corrected chi connectivity index (χ4v) is 1.90. The van der Waals surface area contributed by atoms with Crippen molar-refractivity contribution in [2.24, 2.45) is 5.73 Å². The Balaban J connectivity index is 2.21. The molecule has 1 aromatic heterocycles. The van der Waals surface area contributed by atoms with Crippen LogP contribution in [0.15, 0.2) is 48.7 Å². The van der Waals surface area contributed by atoms with E-state index in [1.807, 2.05) is 6.07 Å². The standard InChI is InChI=1S/C14H12ClN3O2/c15-11-8-10(6-7-17-11)14(20)18-12(13(16)19)9-4-2-1-3-5-9/h1-8,12H,(H2,16,19)(H,18,20). The van der Waals surface area contributed by atoms with Crippen molar-refractivity contribution in [1.29, 1.82) is 0 Å². The lowest BCUT2D eigenvalue weighted by molar-refractivity contribution is -0.120. The molecule has 5 nitrogen and oxygen atoms in total. The fraction of sp³-hybridized carbons (Fsp3) is 0.0714. The number of pyridine rings is 1. The minimum absolute atomic E-state index is 0.202. The van der Waals surface area contributed by atoms with Gasteiger partial charge in [-0.3, -0.25) is 9.59 Å². The van der Waals surface area contributed by atoms with E-state index in [4.69, 9.17) is 17.3 Å². The largest absolute Gasteiger partial charge is 0.368 e. The Bertz CT molecular complexity index is 631. The van der Waals surface area contributed by atoms with Crippen LogP contribution in [-0.2, 0) is 4.79 Å². The number of aromatic nitrogens is 1. The van der Waals surface area contributed by atoms with Crippen LogP contribution in [-0.4, -0.2) is 16.8 Å². The average molecular weight is 290 g/mol. The zero-order valence-electron chi connectivity index (χ0n) is 10.4. The van der Waals surface area contributed by atoms with Gasteiger partial charge in [0.1, 0.15) is 11.2 Å². The van der Waals surface area contributed by atoms with Crippen LogP contribution in [0.4, 0.5) is 0 Å². The van der Waals surface area contributed by atoms with Gasteiger partial charge in [-0.25, -0.2) is 4.98 Å². The Morgan fingerprint density at radius 3 is 2.50 bits per heavy atom. The van der Waals surface area contributed by atoms with Gasteiger partial charge in [-0.1, -0.05) is 41.9 Å². The maximum absolute atomic E-state index is 12.1. The maximum atomic E-state index is 12.1. The molecular formula is C14H12ClN3O2. The van der Waals surface area contributed by atoms with Crippen molar-refractivity contribution in [2.45, 2.75) is 6.04 Å². The number of nitrogens with two attached hydrogens (primary N) is 1. The van der Waals surface area contributed by atoms with Gasteiger partial charge < -0.3 is 11.1 Å². The summed E-state index contributed by atoms with van der Waals surface area (Å²) in [5.41, 5.74) is 6.26. The second-order valence-corrected chi connectivity index (χ2v) is 4.47. The molecule has 0 aliphatic carbocycles. The first-order chi connectivity index (χ1) is 9.58. The summed E-state index contributed by atoms with van der Waals surface area (Å²) in [6, 6.07) is 10.8. The predicted octanol–water partition coefficient (Wildman–Crippen LogP) is 1.69. The highest BCUT2D eigenvalue weighted by Crippen LogP contribution is 2.14. The van der Waals surface area contributed by atoms with Crippen LogP contribution in [0.2, 0.25) is 5.15 Å². The first-order valence-electron chi connectivity index (χ1n) is 5.84. The highest BCUT2D eigenvalue weighted by Gasteiger charge is 2.20. The second kappa shape index (κ2) is 6.16. The summed E-state index contributed by atoms with van der Waals surface area (Å²) in [4.78, 5) is 27.4. The van der Waals surface area contributed by atoms with E-state index in [0.29, 0.717) is 11.1 Å². The number of amides is 2. The Kier molecular flexibility index (Phi) is 4.32. The van der Waals surface area contributed by atoms with Gasteiger partial charge in [0.15, 0.2) is 0 Å². The summed E-state index contributed by atoms with van der Waals surface area (Å²) in [6.45, 7) is 0. The van der Waals surface area contributed by atoms with Gasteiger partial charge in [0.25, 0.3) is 5.91 Å². The molecule has 1 aromatic carbocycles. The minimum Gasteiger partial charge on any atom is -0.368 e. The SMILES string of the molecule is NC(=O)C(NC(=O)c1ccnc(Cl)c1)c1ccccc1. The third kappa shape index (κ3) is 3.33. The molecule has 0 radical (unpaired) electrons. The Morgan fingerprint density at radius 1 is 1.20 bits per heavy atom. The summed E-state index contributed by atoms with van der Waals surface area (Å²) >= 11 is 5.72. The third-order valence-electron chi connectivity index (χ3n) is 2.68. The Morgan fingerprint density at radius 2 is 1.90 bits per heavy atom. The summed E-state index contributed by atoms with van der Waals surface area (Å²) in [6.07, 6.45) is 1.42. The number of nitrogens with one attached hydrogen (secondary N) is 1. The van der Waals surface area contributed by atoms with Gasteiger partial charge in [0.2, 0.25) is 5.91 Å². The fourth-order valence-electron chi connectivity index (χ4n) is 1.72. The predicted molar refractivity (Wildman–Crippen MR) is 75.1 cm³/mol. The van der Waals surface area contributed by atoms with Crippen molar-refractivity contribution in [3.05, 3.63) is 64.9 Å². The number of hydrogen-bond acceptors (Lipinski definition) is 3. The van der Waals surface area contributed by atoms with Gasteiger partial charge in [-0.05, 0) is 17.7 Å². The van der Waals surface area contributed by atoms with Crippen LogP contribution in [0.25, 0.3) is 0 Å². The van der Waals surface area contributed by atoms with Gasteiger partial charge in [-0.15, -0.1) is 0 Å². The molecule has 0 saturated carbocycles. The molecule has 1 atom stereocenters. The molecular weight excluding hydrogens is 278 g/mol. The van der Waals surface area contributed by atoms with Gasteiger partial charge in [0.05, 0.1) is 0 Å². The molecule has 0 fully saturated rings. The van der Waals surface area contributed by atoms with Crippen molar-refractivity contribution < 1.29 is 9.59 Å². The second-order valence-electron chi connectivity index (χ2n) is 4.09. The van der Waals surface area contributed by atoms with Crippen molar-refractivity contribution in [3.63, 3.8) is 0 Å². The maximum Gasteiger partial charge on any atom is 0.252 e. The van der Waals surface area contributed by atoms with E-state index in [9.17, 15) is 9.59 Å². The van der Waals surface area contributed by atoms with Crippen molar-refractivity contribution in [3.8, 4) is 0 Å². The summed E-state index contributed by atoms with van der Waals surface area (Å²) in [5.74, 6) is -1.08. The summed E-state index contributed by atoms with van der Waals surface area (Å²) in [5, 5.41) is 2.78. The number of hydrogen-bond donors (Lipinski definition) is 2. The van der Waals surface area contributed by atoms with Gasteiger partial charge in [0, 0.05) is 11.8 Å². The lowest BCUT2D eigenvalue weighted by Crippen LogP contribution is -2.37. The molecule has 2 amide bonds. The monoisotopic (exact) mass is 289 g/mol. The molecule has 102 valence electrons. The smallest absolute Gasteiger partial charge is 0.252 e. The van der Waals surface area contributed by atoms with Crippen molar-refractivity contribution in [1.82, 2.24) is 10.3 Å². The number of nitrogens with zero attached hydrogens (tertiary/aromatic N) is 1. The van der Waals surface area contributed by atoms with E-state index in [1.165, 1.54) is 18.3 Å². The Labute approximate surface area is 120 Å². The van der Waals surface area contributed by atoms with Crippen LogP contribution < -0.4 is 11.1 Å². The van der Waals surface area contributed by atoms with Crippen molar-refractivity contribution >= 4 is 23.4 Å². The molecule has 0 aliphatic rings. The highest BCUT2D eigenvalue weighted by atomic mass is 35.5. The van der Waals surface area contributed by atoms with Crippen LogP contribution in [0.5, 0.6) is 0 Å². The normalized spacial score (nSPS) is 11.7. The zero-order chi connectivity index (χ0) is 14.5. The summed E-state index contributed by atoms with van der Waals surface area (Å²) < 4.78 is 0. The zero-order valence-corrected chi connectivity index (χ0v) is 11.2.